The molecule has 1 aliphatic heterocycles. The Morgan fingerprint density at radius 2 is 1.63 bits per heavy atom. The Labute approximate surface area is 301 Å². The Kier molecular flexibility index (Phi) is 23.8. The fraction of sp³-hybridized carbons (Fsp3) is 0.643. The molecule has 0 bridgehead atoms. The van der Waals surface area contributed by atoms with Crippen LogP contribution in [0, 0.1) is 17.2 Å². The lowest BCUT2D eigenvalue weighted by Crippen LogP contribution is -2.49. The van der Waals surface area contributed by atoms with E-state index in [4.69, 9.17) is 19.7 Å². The Bertz CT molecular complexity index is 1240. The Hall–Kier alpha value is -3.37. The molecule has 276 valence electrons. The first-order chi connectivity index (χ1) is 23.2. The maximum atomic E-state index is 12.4. The van der Waals surface area contributed by atoms with Crippen LogP contribution in [0.5, 0.6) is 0 Å². The molecule has 0 N–H and O–H groups in total. The summed E-state index contributed by atoms with van der Waals surface area (Å²) in [4.78, 5) is 21.3. The topological polar surface area (TPSA) is 78.2 Å². The Balaban J connectivity index is 0.000000979. The van der Waals surface area contributed by atoms with Crippen molar-refractivity contribution in [3.63, 3.8) is 0 Å². The largest absolute Gasteiger partial charge is 0.444 e. The fourth-order valence-corrected chi connectivity index (χ4v) is 5.14. The first kappa shape index (κ1) is 45.6. The van der Waals surface area contributed by atoms with Crippen LogP contribution in [-0.4, -0.2) is 66.1 Å². The zero-order chi connectivity index (χ0) is 37.4. The minimum atomic E-state index is -0.464. The molecule has 1 aliphatic rings. The highest BCUT2D eigenvalue weighted by atomic mass is 16.6. The average molecular weight is 679 g/mol. The highest BCUT2D eigenvalue weighted by Crippen LogP contribution is 2.29. The molecular weight excluding hydrogens is 608 g/mol. The third-order valence-corrected chi connectivity index (χ3v) is 8.26. The van der Waals surface area contributed by atoms with E-state index in [1.807, 2.05) is 50.1 Å². The number of piperazine rings is 1. The SMILES string of the molecule is CCCOC(C)CC.CCCc1cccc(C#N)c1.C\C=C(C(/C(C)=N/C=C/CC)=C(/C)N1CCN(C(=O)OC(C)(C)C)CC1)\C(C)CC. The molecule has 49 heavy (non-hydrogen) atoms. The number of hydrogen-bond donors (Lipinski definition) is 0. The van der Waals surface area contributed by atoms with Crippen molar-refractivity contribution in [3.05, 3.63) is 70.6 Å². The summed E-state index contributed by atoms with van der Waals surface area (Å²) in [5.41, 5.74) is 6.41. The van der Waals surface area contributed by atoms with Gasteiger partial charge in [-0.25, -0.2) is 4.79 Å². The number of amides is 1. The molecule has 1 fully saturated rings. The van der Waals surface area contributed by atoms with Gasteiger partial charge < -0.3 is 19.3 Å². The van der Waals surface area contributed by atoms with Gasteiger partial charge in [0.25, 0.3) is 0 Å². The normalized spacial score (nSPS) is 15.7. The van der Waals surface area contributed by atoms with Crippen molar-refractivity contribution in [3.8, 4) is 6.07 Å². The van der Waals surface area contributed by atoms with E-state index < -0.39 is 5.60 Å². The zero-order valence-electron chi connectivity index (χ0n) is 33.5. The third-order valence-electron chi connectivity index (χ3n) is 8.26. The number of nitrogens with zero attached hydrogens (tertiary/aromatic N) is 4. The van der Waals surface area contributed by atoms with E-state index in [0.717, 1.165) is 69.5 Å². The van der Waals surface area contributed by atoms with Gasteiger partial charge in [-0.15, -0.1) is 0 Å². The molecule has 2 atom stereocenters. The van der Waals surface area contributed by atoms with Crippen molar-refractivity contribution in [2.24, 2.45) is 10.9 Å². The standard InChI is InChI=1S/C25H43N3O2.C10H11N.C7H16O/c1-10-13-14-26-20(5)23(22(12-3)19(4)11-2)21(6)27-15-17-28(18-16-27)24(29)30-25(7,8)9;1-2-4-9-5-3-6-10(7-9)8-11;1-4-6-8-7(3)5-2/h12-14,19H,10-11,15-18H2,1-9H3;3,5-7H,2,4H2,1H3;7H,4-6H2,1-3H3/b14-13+,22-12-,23-21-,26-20+;;. The van der Waals surface area contributed by atoms with Crippen LogP contribution in [0.3, 0.4) is 0 Å². The lowest BCUT2D eigenvalue weighted by Gasteiger charge is -2.38. The summed E-state index contributed by atoms with van der Waals surface area (Å²) in [6.07, 6.45) is 13.0. The number of nitriles is 1. The van der Waals surface area contributed by atoms with E-state index in [1.165, 1.54) is 22.4 Å². The summed E-state index contributed by atoms with van der Waals surface area (Å²) in [6.45, 7) is 31.1. The van der Waals surface area contributed by atoms with Gasteiger partial charge in [0.2, 0.25) is 0 Å². The smallest absolute Gasteiger partial charge is 0.410 e. The number of benzene rings is 1. The van der Waals surface area contributed by atoms with Crippen LogP contribution in [0.2, 0.25) is 0 Å². The summed E-state index contributed by atoms with van der Waals surface area (Å²) in [7, 11) is 0. The van der Waals surface area contributed by atoms with Gasteiger partial charge in [-0.1, -0.05) is 72.2 Å². The fourth-order valence-electron chi connectivity index (χ4n) is 5.14. The molecule has 1 aromatic rings. The molecule has 0 saturated carbocycles. The van der Waals surface area contributed by atoms with Gasteiger partial charge in [0.05, 0.1) is 17.7 Å². The molecule has 0 spiro atoms. The molecule has 0 radical (unpaired) electrons. The van der Waals surface area contributed by atoms with E-state index in [1.54, 1.807) is 0 Å². The van der Waals surface area contributed by atoms with Gasteiger partial charge in [-0.2, -0.15) is 5.26 Å². The number of allylic oxidation sites excluding steroid dienone is 5. The molecule has 1 saturated heterocycles. The van der Waals surface area contributed by atoms with Crippen LogP contribution in [0.1, 0.15) is 133 Å². The number of aryl methyl sites for hydroxylation is 1. The number of ether oxygens (including phenoxy) is 2. The summed E-state index contributed by atoms with van der Waals surface area (Å²) in [5.74, 6) is 0.461. The Morgan fingerprint density at radius 1 is 1.00 bits per heavy atom. The summed E-state index contributed by atoms with van der Waals surface area (Å²) < 4.78 is 10.9. The van der Waals surface area contributed by atoms with Gasteiger partial charge >= 0.3 is 6.09 Å². The van der Waals surface area contributed by atoms with Crippen molar-refractivity contribution >= 4 is 11.8 Å². The third kappa shape index (κ3) is 18.8. The molecular formula is C42H70N4O3. The van der Waals surface area contributed by atoms with Crippen LogP contribution in [-0.2, 0) is 15.9 Å². The quantitative estimate of drug-likeness (QED) is 0.153. The number of carbonyl (C=O) groups excluding carboxylic acids is 1. The first-order valence-electron chi connectivity index (χ1n) is 18.6. The van der Waals surface area contributed by atoms with Crippen molar-refractivity contribution in [1.29, 1.82) is 5.26 Å². The second-order valence-corrected chi connectivity index (χ2v) is 13.6. The van der Waals surface area contributed by atoms with E-state index in [0.29, 0.717) is 25.1 Å². The molecule has 1 amide bonds. The maximum absolute atomic E-state index is 12.4. The first-order valence-corrected chi connectivity index (χ1v) is 18.6. The van der Waals surface area contributed by atoms with Crippen molar-refractivity contribution in [2.45, 2.75) is 140 Å². The predicted octanol–water partition coefficient (Wildman–Crippen LogP) is 10.9. The van der Waals surface area contributed by atoms with Gasteiger partial charge in [0, 0.05) is 56.0 Å². The van der Waals surface area contributed by atoms with Gasteiger partial charge in [0.1, 0.15) is 5.60 Å². The van der Waals surface area contributed by atoms with Crippen molar-refractivity contribution < 1.29 is 14.3 Å². The van der Waals surface area contributed by atoms with Gasteiger partial charge in [-0.3, -0.25) is 4.99 Å². The number of carbonyl (C=O) groups is 1. The summed E-state index contributed by atoms with van der Waals surface area (Å²) in [6, 6.07) is 9.90. The lowest BCUT2D eigenvalue weighted by molar-refractivity contribution is 0.0168. The lowest BCUT2D eigenvalue weighted by atomic mass is 9.87. The number of hydrogen-bond acceptors (Lipinski definition) is 6. The van der Waals surface area contributed by atoms with Crippen molar-refractivity contribution in [2.75, 3.05) is 32.8 Å². The van der Waals surface area contributed by atoms with Crippen molar-refractivity contribution in [1.82, 2.24) is 9.80 Å². The van der Waals surface area contributed by atoms with E-state index in [-0.39, 0.29) is 6.09 Å². The van der Waals surface area contributed by atoms with E-state index in [9.17, 15) is 4.79 Å². The minimum absolute atomic E-state index is 0.222. The second-order valence-electron chi connectivity index (χ2n) is 13.6. The van der Waals surface area contributed by atoms with Crippen LogP contribution < -0.4 is 0 Å². The molecule has 7 nitrogen and oxygen atoms in total. The predicted molar refractivity (Wildman–Crippen MR) is 209 cm³/mol. The maximum Gasteiger partial charge on any atom is 0.410 e. The molecule has 7 heteroatoms. The van der Waals surface area contributed by atoms with Crippen LogP contribution >= 0.6 is 0 Å². The highest BCUT2D eigenvalue weighted by Gasteiger charge is 2.27. The van der Waals surface area contributed by atoms with Crippen LogP contribution in [0.4, 0.5) is 4.79 Å². The number of aliphatic imine (C=N–C) groups is 1. The van der Waals surface area contributed by atoms with E-state index >= 15 is 0 Å². The number of rotatable bonds is 13. The minimum Gasteiger partial charge on any atom is -0.444 e. The van der Waals surface area contributed by atoms with Gasteiger partial charge in [-0.05, 0) is 110 Å². The van der Waals surface area contributed by atoms with Crippen LogP contribution in [0.25, 0.3) is 0 Å². The summed E-state index contributed by atoms with van der Waals surface area (Å²) >= 11 is 0. The molecule has 0 aliphatic carbocycles. The second kappa shape index (κ2) is 25.6. The zero-order valence-corrected chi connectivity index (χ0v) is 33.5. The average Bonchev–Trinajstić information content (AvgIpc) is 3.09. The molecule has 0 aromatic heterocycles. The van der Waals surface area contributed by atoms with Gasteiger partial charge in [0.15, 0.2) is 0 Å². The summed E-state index contributed by atoms with van der Waals surface area (Å²) in [5, 5.41) is 8.58. The molecule has 2 unspecified atom stereocenters. The molecule has 2 rings (SSSR count). The van der Waals surface area contributed by atoms with E-state index in [2.05, 4.69) is 98.4 Å². The molecule has 1 aromatic carbocycles. The Morgan fingerprint density at radius 3 is 2.12 bits per heavy atom. The monoisotopic (exact) mass is 679 g/mol. The van der Waals surface area contributed by atoms with Crippen LogP contribution in [0.15, 0.2) is 64.5 Å². The molecule has 1 heterocycles. The highest BCUT2D eigenvalue weighted by molar-refractivity contribution is 6.03.